The molecule has 1 unspecified atom stereocenters. The van der Waals surface area contributed by atoms with Crippen molar-refractivity contribution in [3.05, 3.63) is 35.9 Å². The molecule has 0 radical (unpaired) electrons. The maximum atomic E-state index is 11.8. The first-order chi connectivity index (χ1) is 9.13. The average Bonchev–Trinajstić information content (AvgIpc) is 2.37. The number of rotatable bonds is 3. The molecule has 4 amide bonds. The van der Waals surface area contributed by atoms with Crippen LogP contribution in [-0.4, -0.2) is 22.7 Å². The van der Waals surface area contributed by atoms with Crippen molar-refractivity contribution in [1.29, 1.82) is 5.26 Å². The molecule has 1 fully saturated rings. The first kappa shape index (κ1) is 12.8. The van der Waals surface area contributed by atoms with Gasteiger partial charge in [0.05, 0.1) is 18.5 Å². The van der Waals surface area contributed by atoms with Gasteiger partial charge in [-0.25, -0.2) is 4.79 Å². The van der Waals surface area contributed by atoms with Crippen LogP contribution in [0, 0.1) is 11.3 Å². The van der Waals surface area contributed by atoms with E-state index in [9.17, 15) is 14.4 Å². The lowest BCUT2D eigenvalue weighted by Gasteiger charge is -2.31. The van der Waals surface area contributed by atoms with Crippen molar-refractivity contribution in [1.82, 2.24) is 10.2 Å². The Bertz CT molecular complexity index is 542. The highest BCUT2D eigenvalue weighted by atomic mass is 16.2. The molecule has 1 heterocycles. The zero-order valence-electron chi connectivity index (χ0n) is 10.00. The number of imide groups is 2. The maximum absolute atomic E-state index is 11.8. The lowest BCUT2D eigenvalue weighted by molar-refractivity contribution is -0.137. The SMILES string of the molecule is N#CCC(c1ccccc1)N1C(=O)CC(=O)NC1=O. The third-order valence-electron chi connectivity index (χ3n) is 2.83. The maximum Gasteiger partial charge on any atom is 0.331 e. The van der Waals surface area contributed by atoms with Crippen molar-refractivity contribution < 1.29 is 14.4 Å². The van der Waals surface area contributed by atoms with Gasteiger partial charge in [0, 0.05) is 0 Å². The number of carbonyl (C=O) groups excluding carboxylic acids is 3. The molecule has 0 aliphatic carbocycles. The number of amides is 4. The van der Waals surface area contributed by atoms with Crippen molar-refractivity contribution >= 4 is 17.8 Å². The van der Waals surface area contributed by atoms with Gasteiger partial charge in [-0.1, -0.05) is 30.3 Å². The van der Waals surface area contributed by atoms with Gasteiger partial charge in [0.25, 0.3) is 0 Å². The fraction of sp³-hybridized carbons (Fsp3) is 0.231. The molecular weight excluding hydrogens is 246 g/mol. The normalized spacial score (nSPS) is 16.8. The summed E-state index contributed by atoms with van der Waals surface area (Å²) < 4.78 is 0. The van der Waals surface area contributed by atoms with Gasteiger partial charge >= 0.3 is 6.03 Å². The number of carbonyl (C=O) groups is 3. The summed E-state index contributed by atoms with van der Waals surface area (Å²) in [6, 6.07) is 9.30. The topological polar surface area (TPSA) is 90.3 Å². The molecule has 0 spiro atoms. The summed E-state index contributed by atoms with van der Waals surface area (Å²) in [6.45, 7) is 0. The zero-order valence-corrected chi connectivity index (χ0v) is 10.00. The number of hydrogen-bond acceptors (Lipinski definition) is 4. The molecule has 6 nitrogen and oxygen atoms in total. The van der Waals surface area contributed by atoms with E-state index >= 15 is 0 Å². The summed E-state index contributed by atoms with van der Waals surface area (Å²) >= 11 is 0. The molecule has 0 aromatic heterocycles. The van der Waals surface area contributed by atoms with Crippen LogP contribution in [0.1, 0.15) is 24.4 Å². The first-order valence-corrected chi connectivity index (χ1v) is 5.71. The van der Waals surface area contributed by atoms with E-state index in [2.05, 4.69) is 5.32 Å². The van der Waals surface area contributed by atoms with Gasteiger partial charge in [-0.05, 0) is 5.56 Å². The number of nitrogens with one attached hydrogen (secondary N) is 1. The summed E-state index contributed by atoms with van der Waals surface area (Å²) in [5.74, 6) is -1.20. The Morgan fingerprint density at radius 2 is 1.95 bits per heavy atom. The lowest BCUT2D eigenvalue weighted by atomic mass is 10.0. The summed E-state index contributed by atoms with van der Waals surface area (Å²) in [5.41, 5.74) is 0.682. The van der Waals surface area contributed by atoms with Gasteiger partial charge in [-0.3, -0.25) is 19.8 Å². The van der Waals surface area contributed by atoms with Crippen molar-refractivity contribution in [2.45, 2.75) is 18.9 Å². The second-order valence-corrected chi connectivity index (χ2v) is 4.08. The minimum atomic E-state index is -0.773. The monoisotopic (exact) mass is 257 g/mol. The molecule has 1 N–H and O–H groups in total. The number of benzene rings is 1. The van der Waals surface area contributed by atoms with Gasteiger partial charge in [0.2, 0.25) is 11.8 Å². The predicted molar refractivity (Wildman–Crippen MR) is 64.4 cm³/mol. The van der Waals surface area contributed by atoms with Crippen LogP contribution >= 0.6 is 0 Å². The van der Waals surface area contributed by atoms with Crippen LogP contribution in [0.15, 0.2) is 30.3 Å². The fourth-order valence-electron chi connectivity index (χ4n) is 1.99. The average molecular weight is 257 g/mol. The summed E-state index contributed by atoms with van der Waals surface area (Å²) in [5, 5.41) is 11.0. The van der Waals surface area contributed by atoms with E-state index in [1.807, 2.05) is 6.07 Å². The molecule has 1 saturated heterocycles. The second kappa shape index (κ2) is 5.31. The predicted octanol–water partition coefficient (Wildman–Crippen LogP) is 1.11. The number of nitriles is 1. The van der Waals surface area contributed by atoms with Gasteiger partial charge < -0.3 is 0 Å². The van der Waals surface area contributed by atoms with E-state index in [0.717, 1.165) is 4.90 Å². The molecule has 0 saturated carbocycles. The van der Waals surface area contributed by atoms with Crippen LogP contribution < -0.4 is 5.32 Å². The van der Waals surface area contributed by atoms with Crippen LogP contribution in [-0.2, 0) is 9.59 Å². The molecular formula is C13H11N3O3. The third-order valence-corrected chi connectivity index (χ3v) is 2.83. The molecule has 2 rings (SSSR count). The van der Waals surface area contributed by atoms with Crippen LogP contribution in [0.4, 0.5) is 4.79 Å². The minimum absolute atomic E-state index is 0.0165. The van der Waals surface area contributed by atoms with E-state index in [1.54, 1.807) is 30.3 Å². The molecule has 1 aliphatic rings. The Hall–Kier alpha value is -2.68. The van der Waals surface area contributed by atoms with Crippen LogP contribution in [0.25, 0.3) is 0 Å². The van der Waals surface area contributed by atoms with Gasteiger partial charge in [-0.15, -0.1) is 0 Å². The van der Waals surface area contributed by atoms with E-state index in [0.29, 0.717) is 5.56 Å². The molecule has 0 bridgehead atoms. The number of urea groups is 1. The summed E-state index contributed by atoms with van der Waals surface area (Å²) in [7, 11) is 0. The summed E-state index contributed by atoms with van der Waals surface area (Å²) in [6.07, 6.45) is -0.391. The highest BCUT2D eigenvalue weighted by Crippen LogP contribution is 2.26. The molecule has 96 valence electrons. The number of barbiturate groups is 1. The molecule has 1 aliphatic heterocycles. The number of nitrogens with zero attached hydrogens (tertiary/aromatic N) is 2. The first-order valence-electron chi connectivity index (χ1n) is 5.71. The van der Waals surface area contributed by atoms with E-state index in [4.69, 9.17) is 5.26 Å². The fourth-order valence-corrected chi connectivity index (χ4v) is 1.99. The van der Waals surface area contributed by atoms with Crippen LogP contribution in [0.2, 0.25) is 0 Å². The largest absolute Gasteiger partial charge is 0.331 e. The molecule has 6 heteroatoms. The van der Waals surface area contributed by atoms with Crippen molar-refractivity contribution in [3.8, 4) is 6.07 Å². The summed E-state index contributed by atoms with van der Waals surface area (Å²) in [4.78, 5) is 35.7. The standard InChI is InChI=1S/C13H11N3O3/c14-7-6-10(9-4-2-1-3-5-9)16-12(18)8-11(17)15-13(16)19/h1-5,10H,6,8H2,(H,15,17,19). The van der Waals surface area contributed by atoms with Gasteiger partial charge in [0.1, 0.15) is 6.42 Å². The highest BCUT2D eigenvalue weighted by molar-refractivity contribution is 6.14. The van der Waals surface area contributed by atoms with Crippen LogP contribution in [0.3, 0.4) is 0 Å². The Morgan fingerprint density at radius 1 is 1.26 bits per heavy atom. The molecule has 19 heavy (non-hydrogen) atoms. The van der Waals surface area contributed by atoms with E-state index < -0.39 is 23.9 Å². The van der Waals surface area contributed by atoms with Crippen molar-refractivity contribution in [2.75, 3.05) is 0 Å². The molecule has 1 aromatic rings. The number of hydrogen-bond donors (Lipinski definition) is 1. The lowest BCUT2D eigenvalue weighted by Crippen LogP contribution is -2.53. The Morgan fingerprint density at radius 3 is 2.53 bits per heavy atom. The Kier molecular flexibility index (Phi) is 3.57. The molecule has 1 aromatic carbocycles. The van der Waals surface area contributed by atoms with E-state index in [1.165, 1.54) is 0 Å². The zero-order chi connectivity index (χ0) is 13.8. The van der Waals surface area contributed by atoms with Gasteiger partial charge in [0.15, 0.2) is 0 Å². The van der Waals surface area contributed by atoms with E-state index in [-0.39, 0.29) is 12.8 Å². The quantitative estimate of drug-likeness (QED) is 0.821. The third kappa shape index (κ3) is 2.60. The van der Waals surface area contributed by atoms with Crippen molar-refractivity contribution in [2.24, 2.45) is 0 Å². The minimum Gasteiger partial charge on any atom is -0.277 e. The Balaban J connectivity index is 2.34. The Labute approximate surface area is 109 Å². The smallest absolute Gasteiger partial charge is 0.277 e. The second-order valence-electron chi connectivity index (χ2n) is 4.08. The van der Waals surface area contributed by atoms with Crippen molar-refractivity contribution in [3.63, 3.8) is 0 Å². The van der Waals surface area contributed by atoms with Gasteiger partial charge in [-0.2, -0.15) is 5.26 Å². The van der Waals surface area contributed by atoms with Crippen LogP contribution in [0.5, 0.6) is 0 Å². The highest BCUT2D eigenvalue weighted by Gasteiger charge is 2.36. The molecule has 1 atom stereocenters.